The molecule has 2 N–H and O–H groups in total. The largest absolute Gasteiger partial charge is 0.396 e. The van der Waals surface area contributed by atoms with Crippen LogP contribution in [-0.2, 0) is 24.1 Å². The number of rotatable bonds is 5. The molecule has 0 radical (unpaired) electrons. The fourth-order valence-electron chi connectivity index (χ4n) is 2.54. The van der Waals surface area contributed by atoms with Crippen LogP contribution in [0.3, 0.4) is 0 Å². The van der Waals surface area contributed by atoms with Gasteiger partial charge in [-0.3, -0.25) is 4.79 Å². The van der Waals surface area contributed by atoms with Crippen molar-refractivity contribution in [3.8, 4) is 0 Å². The fraction of sp³-hybridized carbons (Fsp3) is 0.588. The summed E-state index contributed by atoms with van der Waals surface area (Å²) >= 11 is 0. The number of hydrogen-bond donors (Lipinski definition) is 2. The lowest BCUT2D eigenvalue weighted by Crippen LogP contribution is -2.36. The summed E-state index contributed by atoms with van der Waals surface area (Å²) in [7, 11) is 0. The van der Waals surface area contributed by atoms with Crippen LogP contribution in [0, 0.1) is 5.41 Å². The van der Waals surface area contributed by atoms with Crippen LogP contribution < -0.4 is 5.32 Å². The highest BCUT2D eigenvalue weighted by Crippen LogP contribution is 2.22. The van der Waals surface area contributed by atoms with Crippen molar-refractivity contribution >= 4 is 5.91 Å². The zero-order valence-electron chi connectivity index (χ0n) is 12.5. The zero-order chi connectivity index (χ0) is 14.6. The van der Waals surface area contributed by atoms with E-state index in [-0.39, 0.29) is 17.9 Å². The average molecular weight is 275 g/mol. The van der Waals surface area contributed by atoms with E-state index in [0.29, 0.717) is 13.0 Å². The molecule has 1 aliphatic rings. The first kappa shape index (κ1) is 15.0. The average Bonchev–Trinajstić information content (AvgIpc) is 2.45. The van der Waals surface area contributed by atoms with Crippen LogP contribution in [0.15, 0.2) is 18.2 Å². The van der Waals surface area contributed by atoms with Crippen molar-refractivity contribution in [1.82, 2.24) is 5.32 Å². The molecule has 3 nitrogen and oxygen atoms in total. The summed E-state index contributed by atoms with van der Waals surface area (Å²) in [5.41, 5.74) is 3.69. The molecule has 0 heterocycles. The summed E-state index contributed by atoms with van der Waals surface area (Å²) in [6, 6.07) is 6.43. The van der Waals surface area contributed by atoms with E-state index in [1.54, 1.807) is 0 Å². The van der Waals surface area contributed by atoms with Crippen LogP contribution >= 0.6 is 0 Å². The van der Waals surface area contributed by atoms with Gasteiger partial charge in [-0.25, -0.2) is 0 Å². The predicted molar refractivity (Wildman–Crippen MR) is 80.7 cm³/mol. The molecule has 2 rings (SSSR count). The topological polar surface area (TPSA) is 49.3 Å². The van der Waals surface area contributed by atoms with Gasteiger partial charge < -0.3 is 10.4 Å². The molecule has 1 amide bonds. The van der Waals surface area contributed by atoms with Crippen molar-refractivity contribution in [3.05, 3.63) is 34.9 Å². The van der Waals surface area contributed by atoms with Gasteiger partial charge in [-0.1, -0.05) is 32.0 Å². The third-order valence-corrected chi connectivity index (χ3v) is 3.97. The maximum Gasteiger partial charge on any atom is 0.224 e. The molecule has 110 valence electrons. The molecule has 0 fully saturated rings. The summed E-state index contributed by atoms with van der Waals surface area (Å²) in [5, 5.41) is 12.1. The Morgan fingerprint density at radius 1 is 1.25 bits per heavy atom. The standard InChI is InChI=1S/C17H25NO2/c1-17(2,12-19)11-18-16(20)10-13-7-8-14-5-3-4-6-15(14)9-13/h7-9,19H,3-6,10-12H2,1-2H3,(H,18,20). The second-order valence-electron chi connectivity index (χ2n) is 6.59. The van der Waals surface area contributed by atoms with Gasteiger partial charge in [0.1, 0.15) is 0 Å². The van der Waals surface area contributed by atoms with Crippen molar-refractivity contribution in [3.63, 3.8) is 0 Å². The molecule has 1 aromatic rings. The number of carbonyl (C=O) groups excluding carboxylic acids is 1. The molecule has 0 bridgehead atoms. The summed E-state index contributed by atoms with van der Waals surface area (Å²) in [6.07, 6.45) is 5.28. The van der Waals surface area contributed by atoms with Gasteiger partial charge in [0.25, 0.3) is 0 Å². The van der Waals surface area contributed by atoms with Crippen molar-refractivity contribution in [2.45, 2.75) is 46.0 Å². The van der Waals surface area contributed by atoms with Crippen LogP contribution in [0.1, 0.15) is 43.4 Å². The Bertz CT molecular complexity index is 480. The maximum atomic E-state index is 12.0. The van der Waals surface area contributed by atoms with Gasteiger partial charge in [0.05, 0.1) is 6.42 Å². The third-order valence-electron chi connectivity index (χ3n) is 3.97. The Balaban J connectivity index is 1.91. The quantitative estimate of drug-likeness (QED) is 0.866. The van der Waals surface area contributed by atoms with E-state index < -0.39 is 0 Å². The minimum atomic E-state index is -0.258. The SMILES string of the molecule is CC(C)(CO)CNC(=O)Cc1ccc2c(c1)CCCC2. The Labute approximate surface area is 121 Å². The monoisotopic (exact) mass is 275 g/mol. The molecule has 0 atom stereocenters. The summed E-state index contributed by atoms with van der Waals surface area (Å²) in [4.78, 5) is 12.0. The van der Waals surface area contributed by atoms with Crippen LogP contribution in [0.2, 0.25) is 0 Å². The highest BCUT2D eigenvalue weighted by atomic mass is 16.3. The number of nitrogens with one attached hydrogen (secondary N) is 1. The van der Waals surface area contributed by atoms with E-state index in [4.69, 9.17) is 0 Å². The number of hydrogen-bond acceptors (Lipinski definition) is 2. The first-order valence-corrected chi connectivity index (χ1v) is 7.48. The van der Waals surface area contributed by atoms with E-state index in [0.717, 1.165) is 12.0 Å². The van der Waals surface area contributed by atoms with E-state index in [2.05, 4.69) is 23.5 Å². The minimum absolute atomic E-state index is 0.0299. The van der Waals surface area contributed by atoms with E-state index in [1.165, 1.54) is 30.4 Å². The van der Waals surface area contributed by atoms with Crippen LogP contribution in [-0.4, -0.2) is 24.2 Å². The fourth-order valence-corrected chi connectivity index (χ4v) is 2.54. The van der Waals surface area contributed by atoms with E-state index >= 15 is 0 Å². The first-order chi connectivity index (χ1) is 9.50. The van der Waals surface area contributed by atoms with E-state index in [1.807, 2.05) is 13.8 Å². The second-order valence-corrected chi connectivity index (χ2v) is 6.59. The molecule has 1 aliphatic carbocycles. The first-order valence-electron chi connectivity index (χ1n) is 7.48. The Morgan fingerprint density at radius 3 is 2.65 bits per heavy atom. The molecule has 0 saturated carbocycles. The number of aryl methyl sites for hydroxylation is 2. The van der Waals surface area contributed by atoms with Crippen LogP contribution in [0.5, 0.6) is 0 Å². The number of benzene rings is 1. The highest BCUT2D eigenvalue weighted by molar-refractivity contribution is 5.78. The van der Waals surface area contributed by atoms with Crippen molar-refractivity contribution in [2.75, 3.05) is 13.2 Å². The van der Waals surface area contributed by atoms with E-state index in [9.17, 15) is 9.90 Å². The molecule has 0 aromatic heterocycles. The number of aliphatic hydroxyl groups is 1. The van der Waals surface area contributed by atoms with Crippen LogP contribution in [0.25, 0.3) is 0 Å². The van der Waals surface area contributed by atoms with Gasteiger partial charge in [0.15, 0.2) is 0 Å². The van der Waals surface area contributed by atoms with Crippen molar-refractivity contribution < 1.29 is 9.90 Å². The Kier molecular flexibility index (Phi) is 4.81. The number of amides is 1. The van der Waals surface area contributed by atoms with Crippen molar-refractivity contribution in [2.24, 2.45) is 5.41 Å². The molecule has 0 unspecified atom stereocenters. The Morgan fingerprint density at radius 2 is 1.95 bits per heavy atom. The molecule has 0 saturated heterocycles. The summed E-state index contributed by atoms with van der Waals surface area (Å²) in [6.45, 7) is 4.46. The number of carbonyl (C=O) groups is 1. The summed E-state index contributed by atoms with van der Waals surface area (Å²) in [5.74, 6) is 0.0299. The molecular weight excluding hydrogens is 250 g/mol. The third kappa shape index (κ3) is 4.07. The number of aliphatic hydroxyl groups excluding tert-OH is 1. The smallest absolute Gasteiger partial charge is 0.224 e. The predicted octanol–water partition coefficient (Wildman–Crippen LogP) is 2.24. The van der Waals surface area contributed by atoms with Crippen LogP contribution in [0.4, 0.5) is 0 Å². The lowest BCUT2D eigenvalue weighted by atomic mass is 9.90. The lowest BCUT2D eigenvalue weighted by Gasteiger charge is -2.22. The second kappa shape index (κ2) is 6.40. The molecule has 0 spiro atoms. The van der Waals surface area contributed by atoms with Gasteiger partial charge in [0.2, 0.25) is 5.91 Å². The molecular formula is C17H25NO2. The highest BCUT2D eigenvalue weighted by Gasteiger charge is 2.17. The normalized spacial score (nSPS) is 14.8. The van der Waals surface area contributed by atoms with Gasteiger partial charge >= 0.3 is 0 Å². The molecule has 3 heteroatoms. The van der Waals surface area contributed by atoms with Crippen molar-refractivity contribution in [1.29, 1.82) is 0 Å². The molecule has 1 aromatic carbocycles. The van der Waals surface area contributed by atoms with Gasteiger partial charge in [-0.05, 0) is 42.4 Å². The molecule has 0 aliphatic heterocycles. The van der Waals surface area contributed by atoms with Gasteiger partial charge in [-0.2, -0.15) is 0 Å². The minimum Gasteiger partial charge on any atom is -0.396 e. The maximum absolute atomic E-state index is 12.0. The number of fused-ring (bicyclic) bond motifs is 1. The van der Waals surface area contributed by atoms with Gasteiger partial charge in [0, 0.05) is 18.6 Å². The molecule has 20 heavy (non-hydrogen) atoms. The summed E-state index contributed by atoms with van der Waals surface area (Å²) < 4.78 is 0. The Hall–Kier alpha value is -1.35. The van der Waals surface area contributed by atoms with Gasteiger partial charge in [-0.15, -0.1) is 0 Å². The zero-order valence-corrected chi connectivity index (χ0v) is 12.5. The lowest BCUT2D eigenvalue weighted by molar-refractivity contribution is -0.121.